The van der Waals surface area contributed by atoms with Gasteiger partial charge in [-0.3, -0.25) is 4.79 Å². The van der Waals surface area contributed by atoms with Gasteiger partial charge in [0.25, 0.3) is 0 Å². The van der Waals surface area contributed by atoms with Crippen LogP contribution in [0.4, 0.5) is 0 Å². The zero-order valence-electron chi connectivity index (χ0n) is 10.1. The summed E-state index contributed by atoms with van der Waals surface area (Å²) >= 11 is 0. The maximum Gasteiger partial charge on any atom is 0.330 e. The fourth-order valence-electron chi connectivity index (χ4n) is 2.11. The Labute approximate surface area is 106 Å². The topological polar surface area (TPSA) is 66.4 Å². The van der Waals surface area contributed by atoms with Crippen molar-refractivity contribution in [1.29, 1.82) is 0 Å². The van der Waals surface area contributed by atoms with Crippen LogP contribution < -0.4 is 5.32 Å². The second-order valence-corrected chi connectivity index (χ2v) is 4.75. The van der Waals surface area contributed by atoms with E-state index < -0.39 is 12.0 Å². The smallest absolute Gasteiger partial charge is 0.330 e. The van der Waals surface area contributed by atoms with Crippen LogP contribution in [0.1, 0.15) is 37.3 Å². The largest absolute Gasteiger partial charge is 0.479 e. The number of hydrogen-bond acceptors (Lipinski definition) is 2. The molecular formula is C14H17NO3. The zero-order chi connectivity index (χ0) is 13.0. The lowest BCUT2D eigenvalue weighted by Gasteiger charge is -2.25. The maximum absolute atomic E-state index is 11.8. The lowest BCUT2D eigenvalue weighted by Crippen LogP contribution is -2.35. The lowest BCUT2D eigenvalue weighted by atomic mass is 9.83. The van der Waals surface area contributed by atoms with E-state index in [-0.39, 0.29) is 5.91 Å². The van der Waals surface area contributed by atoms with Gasteiger partial charge in [-0.1, -0.05) is 36.8 Å². The minimum atomic E-state index is -1.02. The number of hydrogen-bond donors (Lipinski definition) is 2. The Hall–Kier alpha value is -1.84. The van der Waals surface area contributed by atoms with E-state index in [0.29, 0.717) is 17.9 Å². The molecule has 96 valence electrons. The number of amides is 1. The Kier molecular flexibility index (Phi) is 3.97. The lowest BCUT2D eigenvalue weighted by molar-refractivity contribution is -0.142. The third-order valence-electron chi connectivity index (χ3n) is 3.38. The molecule has 4 heteroatoms. The van der Waals surface area contributed by atoms with Gasteiger partial charge in [0.2, 0.25) is 5.91 Å². The summed E-state index contributed by atoms with van der Waals surface area (Å²) in [6, 6.07) is 7.83. The van der Waals surface area contributed by atoms with Crippen molar-refractivity contribution in [3.63, 3.8) is 0 Å². The van der Waals surface area contributed by atoms with Crippen molar-refractivity contribution >= 4 is 11.9 Å². The molecule has 0 saturated heterocycles. The van der Waals surface area contributed by atoms with Gasteiger partial charge in [-0.2, -0.15) is 0 Å². The summed E-state index contributed by atoms with van der Waals surface area (Å²) in [7, 11) is 0. The first-order chi connectivity index (χ1) is 8.66. The summed E-state index contributed by atoms with van der Waals surface area (Å²) in [6.07, 6.45) is 3.78. The first-order valence-corrected chi connectivity index (χ1v) is 6.24. The van der Waals surface area contributed by atoms with Gasteiger partial charge in [0.15, 0.2) is 6.04 Å². The van der Waals surface area contributed by atoms with Crippen molar-refractivity contribution in [2.24, 2.45) is 5.92 Å². The Balaban J connectivity index is 1.98. The highest BCUT2D eigenvalue weighted by atomic mass is 16.4. The molecule has 0 radical (unpaired) electrons. The molecule has 2 rings (SSSR count). The van der Waals surface area contributed by atoms with Crippen molar-refractivity contribution < 1.29 is 14.7 Å². The Bertz CT molecular complexity index is 426. The molecule has 1 aromatic rings. The van der Waals surface area contributed by atoms with Gasteiger partial charge in [0.05, 0.1) is 0 Å². The van der Waals surface area contributed by atoms with E-state index in [2.05, 4.69) is 5.32 Å². The van der Waals surface area contributed by atoms with E-state index in [1.165, 1.54) is 6.42 Å². The molecular weight excluding hydrogens is 230 g/mol. The average molecular weight is 247 g/mol. The number of aliphatic carboxylic acids is 1. The third-order valence-corrected chi connectivity index (χ3v) is 3.38. The molecule has 4 nitrogen and oxygen atoms in total. The Morgan fingerprint density at radius 3 is 2.44 bits per heavy atom. The summed E-state index contributed by atoms with van der Waals surface area (Å²) in [5.41, 5.74) is 0.604. The molecule has 1 atom stereocenters. The van der Waals surface area contributed by atoms with Crippen LogP contribution in [0.5, 0.6) is 0 Å². The first kappa shape index (κ1) is 12.6. The van der Waals surface area contributed by atoms with Gasteiger partial charge in [-0.05, 0) is 24.3 Å². The SMILES string of the molecule is O=C(CC1CCC1)N[C@H](C(=O)O)c1ccccc1. The summed E-state index contributed by atoms with van der Waals surface area (Å²) < 4.78 is 0. The molecule has 0 spiro atoms. The second kappa shape index (κ2) is 5.67. The van der Waals surface area contributed by atoms with E-state index in [1.807, 2.05) is 6.07 Å². The summed E-state index contributed by atoms with van der Waals surface area (Å²) in [6.45, 7) is 0. The van der Waals surface area contributed by atoms with E-state index in [1.54, 1.807) is 24.3 Å². The zero-order valence-corrected chi connectivity index (χ0v) is 10.1. The molecule has 1 fully saturated rings. The Morgan fingerprint density at radius 1 is 1.28 bits per heavy atom. The highest BCUT2D eigenvalue weighted by Crippen LogP contribution is 2.29. The number of carbonyl (C=O) groups is 2. The number of benzene rings is 1. The fourth-order valence-corrected chi connectivity index (χ4v) is 2.11. The summed E-state index contributed by atoms with van der Waals surface area (Å²) in [4.78, 5) is 22.9. The molecule has 2 N–H and O–H groups in total. The van der Waals surface area contributed by atoms with Crippen LogP contribution in [0.25, 0.3) is 0 Å². The second-order valence-electron chi connectivity index (χ2n) is 4.75. The van der Waals surface area contributed by atoms with Crippen LogP contribution in [0, 0.1) is 5.92 Å². The molecule has 0 unspecified atom stereocenters. The predicted molar refractivity (Wildman–Crippen MR) is 66.9 cm³/mol. The standard InChI is InChI=1S/C14H17NO3/c16-12(9-10-5-4-6-10)15-13(14(17)18)11-7-2-1-3-8-11/h1-3,7-8,10,13H,4-6,9H2,(H,15,16)(H,17,18)/t13-/m0/s1. The maximum atomic E-state index is 11.8. The summed E-state index contributed by atoms with van der Waals surface area (Å²) in [5.74, 6) is -0.755. The molecule has 1 aromatic carbocycles. The third kappa shape index (κ3) is 3.09. The minimum Gasteiger partial charge on any atom is -0.479 e. The van der Waals surface area contributed by atoms with Gasteiger partial charge in [-0.15, -0.1) is 0 Å². The van der Waals surface area contributed by atoms with Crippen molar-refractivity contribution in [2.45, 2.75) is 31.7 Å². The van der Waals surface area contributed by atoms with Crippen LogP contribution in [0.2, 0.25) is 0 Å². The number of carboxylic acids is 1. The monoisotopic (exact) mass is 247 g/mol. The van der Waals surface area contributed by atoms with Crippen molar-refractivity contribution in [3.8, 4) is 0 Å². The van der Waals surface area contributed by atoms with Crippen LogP contribution in [-0.4, -0.2) is 17.0 Å². The van der Waals surface area contributed by atoms with E-state index >= 15 is 0 Å². The molecule has 1 aliphatic rings. The van der Waals surface area contributed by atoms with Crippen molar-refractivity contribution in [2.75, 3.05) is 0 Å². The molecule has 0 bridgehead atoms. The number of carbonyl (C=O) groups excluding carboxylic acids is 1. The average Bonchev–Trinajstić information content (AvgIpc) is 2.31. The predicted octanol–water partition coefficient (Wildman–Crippen LogP) is 2.12. The first-order valence-electron chi connectivity index (χ1n) is 6.24. The van der Waals surface area contributed by atoms with E-state index in [0.717, 1.165) is 12.8 Å². The van der Waals surface area contributed by atoms with E-state index in [4.69, 9.17) is 5.11 Å². The number of carboxylic acid groups (broad SMARTS) is 1. The highest BCUT2D eigenvalue weighted by Gasteiger charge is 2.25. The molecule has 0 aliphatic heterocycles. The number of rotatable bonds is 5. The van der Waals surface area contributed by atoms with Gasteiger partial charge in [0, 0.05) is 6.42 Å². The fraction of sp³-hybridized carbons (Fsp3) is 0.429. The van der Waals surface area contributed by atoms with E-state index in [9.17, 15) is 9.59 Å². The van der Waals surface area contributed by atoms with Gasteiger partial charge < -0.3 is 10.4 Å². The quantitative estimate of drug-likeness (QED) is 0.837. The molecule has 0 heterocycles. The molecule has 0 aromatic heterocycles. The minimum absolute atomic E-state index is 0.170. The van der Waals surface area contributed by atoms with Crippen LogP contribution in [-0.2, 0) is 9.59 Å². The van der Waals surface area contributed by atoms with Gasteiger partial charge in [-0.25, -0.2) is 4.79 Å². The molecule has 1 amide bonds. The van der Waals surface area contributed by atoms with Crippen molar-refractivity contribution in [3.05, 3.63) is 35.9 Å². The molecule has 1 aliphatic carbocycles. The Morgan fingerprint density at radius 2 is 1.94 bits per heavy atom. The summed E-state index contributed by atoms with van der Waals surface area (Å²) in [5, 5.41) is 11.8. The molecule has 1 saturated carbocycles. The van der Waals surface area contributed by atoms with Crippen molar-refractivity contribution in [1.82, 2.24) is 5.32 Å². The van der Waals surface area contributed by atoms with Gasteiger partial charge >= 0.3 is 5.97 Å². The normalized spacial score (nSPS) is 16.7. The molecule has 18 heavy (non-hydrogen) atoms. The highest BCUT2D eigenvalue weighted by molar-refractivity contribution is 5.84. The van der Waals surface area contributed by atoms with Crippen LogP contribution >= 0.6 is 0 Å². The van der Waals surface area contributed by atoms with Gasteiger partial charge in [0.1, 0.15) is 0 Å². The van der Waals surface area contributed by atoms with Crippen LogP contribution in [0.3, 0.4) is 0 Å². The number of nitrogens with one attached hydrogen (secondary N) is 1. The van der Waals surface area contributed by atoms with Crippen LogP contribution in [0.15, 0.2) is 30.3 Å².